The minimum atomic E-state index is -0.391. The predicted octanol–water partition coefficient (Wildman–Crippen LogP) is 0.918. The molecule has 0 bridgehead atoms. The second-order valence-corrected chi connectivity index (χ2v) is 3.36. The molecule has 0 amide bonds. The number of nitrogens with two attached hydrogens (primary N) is 1. The first-order valence-corrected chi connectivity index (χ1v) is 5.20. The van der Waals surface area contributed by atoms with Gasteiger partial charge in [-0.1, -0.05) is 30.3 Å². The van der Waals surface area contributed by atoms with Gasteiger partial charge in [0.1, 0.15) is 6.61 Å². The molecular formula is C12H17NO3. The fourth-order valence-electron chi connectivity index (χ4n) is 1.38. The molecule has 88 valence electrons. The van der Waals surface area contributed by atoms with Crippen LogP contribution in [0.4, 0.5) is 0 Å². The monoisotopic (exact) mass is 223 g/mol. The van der Waals surface area contributed by atoms with E-state index in [0.29, 0.717) is 6.61 Å². The maximum absolute atomic E-state index is 11.7. The van der Waals surface area contributed by atoms with E-state index in [-0.39, 0.29) is 19.1 Å². The Bertz CT molecular complexity index is 313. The lowest BCUT2D eigenvalue weighted by atomic mass is 10.00. The van der Waals surface area contributed by atoms with Gasteiger partial charge in [0.15, 0.2) is 0 Å². The summed E-state index contributed by atoms with van der Waals surface area (Å²) >= 11 is 0. The van der Waals surface area contributed by atoms with Crippen molar-refractivity contribution >= 4 is 5.97 Å². The second-order valence-electron chi connectivity index (χ2n) is 3.36. The van der Waals surface area contributed by atoms with E-state index in [0.717, 1.165) is 5.56 Å². The van der Waals surface area contributed by atoms with Crippen molar-refractivity contribution in [1.29, 1.82) is 0 Å². The van der Waals surface area contributed by atoms with Gasteiger partial charge in [0.25, 0.3) is 0 Å². The molecule has 1 atom stereocenters. The van der Waals surface area contributed by atoms with Gasteiger partial charge in [0, 0.05) is 13.7 Å². The van der Waals surface area contributed by atoms with Crippen LogP contribution in [0.15, 0.2) is 30.3 Å². The summed E-state index contributed by atoms with van der Waals surface area (Å²) in [6.07, 6.45) is 0. The average molecular weight is 223 g/mol. The topological polar surface area (TPSA) is 61.5 Å². The normalized spacial score (nSPS) is 12.1. The van der Waals surface area contributed by atoms with Gasteiger partial charge in [0.05, 0.1) is 12.5 Å². The first kappa shape index (κ1) is 12.7. The van der Waals surface area contributed by atoms with Crippen LogP contribution in [0.2, 0.25) is 0 Å². The third kappa shape index (κ3) is 3.64. The van der Waals surface area contributed by atoms with Crippen LogP contribution >= 0.6 is 0 Å². The lowest BCUT2D eigenvalue weighted by Gasteiger charge is -2.14. The van der Waals surface area contributed by atoms with Gasteiger partial charge in [-0.2, -0.15) is 0 Å². The summed E-state index contributed by atoms with van der Waals surface area (Å²) < 4.78 is 9.85. The van der Waals surface area contributed by atoms with Crippen LogP contribution in [0.1, 0.15) is 11.5 Å². The lowest BCUT2D eigenvalue weighted by molar-refractivity contribution is -0.146. The van der Waals surface area contributed by atoms with Crippen molar-refractivity contribution in [1.82, 2.24) is 0 Å². The number of hydrogen-bond acceptors (Lipinski definition) is 4. The van der Waals surface area contributed by atoms with Gasteiger partial charge < -0.3 is 15.2 Å². The van der Waals surface area contributed by atoms with Crippen molar-refractivity contribution < 1.29 is 14.3 Å². The molecule has 1 aromatic carbocycles. The second kappa shape index (κ2) is 6.98. The van der Waals surface area contributed by atoms with E-state index in [1.54, 1.807) is 7.11 Å². The van der Waals surface area contributed by atoms with E-state index in [1.807, 2.05) is 30.3 Å². The quantitative estimate of drug-likeness (QED) is 0.575. The number of esters is 1. The Balaban J connectivity index is 2.57. The van der Waals surface area contributed by atoms with Gasteiger partial charge >= 0.3 is 5.97 Å². The Morgan fingerprint density at radius 2 is 2.00 bits per heavy atom. The number of benzene rings is 1. The minimum Gasteiger partial charge on any atom is -0.463 e. The first-order chi connectivity index (χ1) is 7.79. The molecule has 1 rings (SSSR count). The summed E-state index contributed by atoms with van der Waals surface area (Å²) in [6.45, 7) is 0.909. The fourth-order valence-corrected chi connectivity index (χ4v) is 1.38. The van der Waals surface area contributed by atoms with E-state index in [2.05, 4.69) is 0 Å². The summed E-state index contributed by atoms with van der Waals surface area (Å²) in [5, 5.41) is 0. The summed E-state index contributed by atoms with van der Waals surface area (Å²) in [4.78, 5) is 11.7. The molecule has 0 fully saturated rings. The summed E-state index contributed by atoms with van der Waals surface area (Å²) in [5.74, 6) is -0.691. The lowest BCUT2D eigenvalue weighted by Crippen LogP contribution is -2.24. The number of carbonyl (C=O) groups excluding carboxylic acids is 1. The standard InChI is InChI=1S/C12H17NO3/c1-15-7-8-16-12(14)11(9-13)10-5-3-2-4-6-10/h2-6,11H,7-9,13H2,1H3. The highest BCUT2D eigenvalue weighted by molar-refractivity contribution is 5.78. The molecule has 0 saturated carbocycles. The minimum absolute atomic E-state index is 0.246. The maximum atomic E-state index is 11.7. The van der Waals surface area contributed by atoms with Crippen molar-refractivity contribution in [3.63, 3.8) is 0 Å². The van der Waals surface area contributed by atoms with Crippen molar-refractivity contribution in [2.24, 2.45) is 5.73 Å². The Labute approximate surface area is 95.3 Å². The Kier molecular flexibility index (Phi) is 5.53. The molecule has 16 heavy (non-hydrogen) atoms. The molecular weight excluding hydrogens is 206 g/mol. The van der Waals surface area contributed by atoms with E-state index in [1.165, 1.54) is 0 Å². The van der Waals surface area contributed by atoms with Crippen LogP contribution < -0.4 is 5.73 Å². The highest BCUT2D eigenvalue weighted by Gasteiger charge is 2.19. The molecule has 0 spiro atoms. The number of methoxy groups -OCH3 is 1. The molecule has 0 aliphatic rings. The maximum Gasteiger partial charge on any atom is 0.314 e. The molecule has 0 saturated heterocycles. The van der Waals surface area contributed by atoms with Crippen LogP contribution in [0, 0.1) is 0 Å². The largest absolute Gasteiger partial charge is 0.463 e. The Morgan fingerprint density at radius 1 is 1.31 bits per heavy atom. The highest BCUT2D eigenvalue weighted by atomic mass is 16.6. The SMILES string of the molecule is COCCOC(=O)C(CN)c1ccccc1. The van der Waals surface area contributed by atoms with Gasteiger partial charge in [-0.05, 0) is 5.56 Å². The van der Waals surface area contributed by atoms with Crippen molar-refractivity contribution in [2.75, 3.05) is 26.9 Å². The molecule has 0 aromatic heterocycles. The van der Waals surface area contributed by atoms with Gasteiger partial charge in [0.2, 0.25) is 0 Å². The molecule has 2 N–H and O–H groups in total. The van der Waals surface area contributed by atoms with E-state index < -0.39 is 5.92 Å². The smallest absolute Gasteiger partial charge is 0.314 e. The number of hydrogen-bond donors (Lipinski definition) is 1. The van der Waals surface area contributed by atoms with Crippen molar-refractivity contribution in [2.45, 2.75) is 5.92 Å². The highest BCUT2D eigenvalue weighted by Crippen LogP contribution is 2.15. The molecule has 1 aromatic rings. The molecule has 4 heteroatoms. The van der Waals surface area contributed by atoms with Gasteiger partial charge in [-0.25, -0.2) is 0 Å². The summed E-state index contributed by atoms with van der Waals surface area (Å²) in [6, 6.07) is 9.39. The Morgan fingerprint density at radius 3 is 2.56 bits per heavy atom. The first-order valence-electron chi connectivity index (χ1n) is 5.20. The number of carbonyl (C=O) groups is 1. The van der Waals surface area contributed by atoms with Gasteiger partial charge in [-0.3, -0.25) is 4.79 Å². The van der Waals surface area contributed by atoms with Crippen molar-refractivity contribution in [3.8, 4) is 0 Å². The van der Waals surface area contributed by atoms with Crippen LogP contribution in [-0.4, -0.2) is 32.8 Å². The predicted molar refractivity (Wildman–Crippen MR) is 61.1 cm³/mol. The zero-order chi connectivity index (χ0) is 11.8. The summed E-state index contributed by atoms with van der Waals surface area (Å²) in [5.41, 5.74) is 6.46. The van der Waals surface area contributed by atoms with E-state index in [4.69, 9.17) is 15.2 Å². The van der Waals surface area contributed by atoms with Crippen LogP contribution in [-0.2, 0) is 14.3 Å². The van der Waals surface area contributed by atoms with Crippen LogP contribution in [0.5, 0.6) is 0 Å². The molecule has 4 nitrogen and oxygen atoms in total. The van der Waals surface area contributed by atoms with E-state index in [9.17, 15) is 4.79 Å². The van der Waals surface area contributed by atoms with Gasteiger partial charge in [-0.15, -0.1) is 0 Å². The van der Waals surface area contributed by atoms with Crippen molar-refractivity contribution in [3.05, 3.63) is 35.9 Å². The van der Waals surface area contributed by atoms with Crippen LogP contribution in [0.3, 0.4) is 0 Å². The molecule has 0 aliphatic heterocycles. The zero-order valence-corrected chi connectivity index (χ0v) is 9.39. The van der Waals surface area contributed by atoms with Crippen LogP contribution in [0.25, 0.3) is 0 Å². The zero-order valence-electron chi connectivity index (χ0n) is 9.39. The molecule has 0 aliphatic carbocycles. The molecule has 0 heterocycles. The number of ether oxygens (including phenoxy) is 2. The fraction of sp³-hybridized carbons (Fsp3) is 0.417. The molecule has 0 radical (unpaired) electrons. The van der Waals surface area contributed by atoms with E-state index >= 15 is 0 Å². The molecule has 1 unspecified atom stereocenters. The summed E-state index contributed by atoms with van der Waals surface area (Å²) in [7, 11) is 1.56. The number of rotatable bonds is 6. The third-order valence-corrected chi connectivity index (χ3v) is 2.25. The Hall–Kier alpha value is -1.39. The average Bonchev–Trinajstić information content (AvgIpc) is 2.32. The third-order valence-electron chi connectivity index (χ3n) is 2.25.